The van der Waals surface area contributed by atoms with Gasteiger partial charge in [0, 0.05) is 30.6 Å². The molecule has 3 aliphatic rings. The third-order valence-electron chi connectivity index (χ3n) is 8.70. The van der Waals surface area contributed by atoms with E-state index < -0.39 is 22.6 Å². The van der Waals surface area contributed by atoms with Crippen LogP contribution in [0.5, 0.6) is 0 Å². The Morgan fingerprint density at radius 1 is 1.15 bits per heavy atom. The topological polar surface area (TPSA) is 87.1 Å². The Balaban J connectivity index is 1.68. The highest BCUT2D eigenvalue weighted by atomic mass is 32.2. The summed E-state index contributed by atoms with van der Waals surface area (Å²) in [5.41, 5.74) is 2.85. The van der Waals surface area contributed by atoms with E-state index in [1.54, 1.807) is 33.7 Å². The summed E-state index contributed by atoms with van der Waals surface area (Å²) in [5.74, 6) is -1.59. The van der Waals surface area contributed by atoms with Crippen LogP contribution in [0, 0.1) is 25.7 Å². The van der Waals surface area contributed by atoms with Gasteiger partial charge in [0.05, 0.1) is 23.2 Å². The Kier molecular flexibility index (Phi) is 10.2. The van der Waals surface area contributed by atoms with E-state index in [2.05, 4.69) is 13.2 Å². The van der Waals surface area contributed by atoms with Gasteiger partial charge in [-0.05, 0) is 63.5 Å². The predicted octanol–water partition coefficient (Wildman–Crippen LogP) is 4.98. The van der Waals surface area contributed by atoms with Gasteiger partial charge in [0.1, 0.15) is 6.04 Å². The Morgan fingerprint density at radius 2 is 1.88 bits per heavy atom. The summed E-state index contributed by atoms with van der Waals surface area (Å²) in [6.45, 7) is 12.9. The van der Waals surface area contributed by atoms with Crippen molar-refractivity contribution < 1.29 is 24.2 Å². The number of allylic oxidation sites excluding steroid dienone is 1. The van der Waals surface area contributed by atoms with Crippen LogP contribution >= 0.6 is 11.8 Å². The van der Waals surface area contributed by atoms with Crippen molar-refractivity contribution in [1.82, 2.24) is 4.90 Å². The molecule has 2 unspecified atom stereocenters. The van der Waals surface area contributed by atoms with Crippen molar-refractivity contribution in [3.8, 4) is 0 Å². The molecule has 0 saturated carbocycles. The number of hydrogen-bond donors (Lipinski definition) is 1. The Morgan fingerprint density at radius 3 is 2.55 bits per heavy atom. The van der Waals surface area contributed by atoms with Crippen LogP contribution in [-0.4, -0.2) is 70.1 Å². The standard InChI is InChI=1S/C32H44N2O5S/c1-5-7-12-21-39-31(38)25-24-16-17-32(40-24)26(25)29(36)34(19-10-8-9-11-20-35)28(32)30(37)33(18-6-2)27-22(3)14-13-15-23(27)4/h5-6,13-15,24-26,28,35H,1-2,7-12,16-21H2,3-4H3/t24-,25+,26+,28?,32?/m1/s1. The van der Waals surface area contributed by atoms with E-state index in [1.807, 2.05) is 32.0 Å². The van der Waals surface area contributed by atoms with E-state index in [4.69, 9.17) is 4.74 Å². The molecular weight excluding hydrogens is 524 g/mol. The first-order valence-electron chi connectivity index (χ1n) is 14.7. The van der Waals surface area contributed by atoms with E-state index in [9.17, 15) is 19.5 Å². The number of para-hydroxylation sites is 1. The Hall–Kier alpha value is -2.58. The molecule has 0 aromatic heterocycles. The number of aliphatic hydroxyl groups is 1. The summed E-state index contributed by atoms with van der Waals surface area (Å²) in [6.07, 6.45) is 9.72. The molecule has 218 valence electrons. The van der Waals surface area contributed by atoms with Crippen LogP contribution in [0.1, 0.15) is 62.5 Å². The fraction of sp³-hybridized carbons (Fsp3) is 0.594. The fourth-order valence-electron chi connectivity index (χ4n) is 6.98. The Labute approximate surface area is 243 Å². The lowest BCUT2D eigenvalue weighted by Gasteiger charge is -2.38. The number of nitrogens with zero attached hydrogens (tertiary/aromatic N) is 2. The lowest BCUT2D eigenvalue weighted by atomic mass is 9.71. The number of hydrogen-bond acceptors (Lipinski definition) is 6. The molecule has 1 N–H and O–H groups in total. The molecule has 3 fully saturated rings. The Bertz CT molecular complexity index is 1100. The van der Waals surface area contributed by atoms with Crippen molar-refractivity contribution in [1.29, 1.82) is 0 Å². The number of aryl methyl sites for hydroxylation is 2. The van der Waals surface area contributed by atoms with Gasteiger partial charge < -0.3 is 19.6 Å². The second-order valence-electron chi connectivity index (χ2n) is 11.3. The summed E-state index contributed by atoms with van der Waals surface area (Å²) >= 11 is 1.67. The van der Waals surface area contributed by atoms with Crippen LogP contribution in [0.15, 0.2) is 43.5 Å². The minimum Gasteiger partial charge on any atom is -0.465 e. The van der Waals surface area contributed by atoms with Crippen LogP contribution in [-0.2, 0) is 19.1 Å². The van der Waals surface area contributed by atoms with E-state index in [1.165, 1.54) is 0 Å². The second kappa shape index (κ2) is 13.4. The largest absolute Gasteiger partial charge is 0.465 e. The maximum atomic E-state index is 14.7. The van der Waals surface area contributed by atoms with E-state index >= 15 is 0 Å². The van der Waals surface area contributed by atoms with Gasteiger partial charge in [-0.15, -0.1) is 24.9 Å². The number of likely N-dealkylation sites (tertiary alicyclic amines) is 1. The third kappa shape index (κ3) is 5.62. The molecule has 3 saturated heterocycles. The summed E-state index contributed by atoms with van der Waals surface area (Å²) in [6, 6.07) is 5.33. The number of thioether (sulfide) groups is 1. The molecule has 8 heteroatoms. The number of unbranched alkanes of at least 4 members (excludes halogenated alkanes) is 4. The number of amides is 2. The zero-order valence-corrected chi connectivity index (χ0v) is 24.8. The summed E-state index contributed by atoms with van der Waals surface area (Å²) < 4.78 is 5.03. The van der Waals surface area contributed by atoms with Gasteiger partial charge in [0.25, 0.3) is 5.91 Å². The fourth-order valence-corrected chi connectivity index (χ4v) is 9.19. The van der Waals surface area contributed by atoms with Gasteiger partial charge in [0.15, 0.2) is 0 Å². The molecule has 0 radical (unpaired) electrons. The molecular formula is C32H44N2O5S. The lowest BCUT2D eigenvalue weighted by Crippen LogP contribution is -2.55. The molecule has 5 atom stereocenters. The minimum atomic E-state index is -0.657. The smallest absolute Gasteiger partial charge is 0.310 e. The SMILES string of the molecule is C=CCCCOC(=O)[C@@H]1[C@H]2C(=O)N(CCCCCCO)C(C(=O)N(CC=C)c3c(C)cccc3C)C23CC[C@H]1S3. The van der Waals surface area contributed by atoms with Crippen molar-refractivity contribution in [3.63, 3.8) is 0 Å². The van der Waals surface area contributed by atoms with Crippen LogP contribution in [0.4, 0.5) is 5.69 Å². The number of rotatable bonds is 15. The zero-order valence-electron chi connectivity index (χ0n) is 24.0. The molecule has 3 aliphatic heterocycles. The van der Waals surface area contributed by atoms with Crippen molar-refractivity contribution in [2.45, 2.75) is 81.3 Å². The van der Waals surface area contributed by atoms with Gasteiger partial charge >= 0.3 is 5.97 Å². The first-order chi connectivity index (χ1) is 19.3. The number of esters is 1. The molecule has 2 amide bonds. The molecule has 7 nitrogen and oxygen atoms in total. The molecule has 1 aromatic carbocycles. The minimum absolute atomic E-state index is 0.0177. The van der Waals surface area contributed by atoms with Crippen LogP contribution < -0.4 is 4.90 Å². The summed E-state index contributed by atoms with van der Waals surface area (Å²) in [7, 11) is 0. The van der Waals surface area contributed by atoms with Crippen LogP contribution in [0.2, 0.25) is 0 Å². The monoisotopic (exact) mass is 568 g/mol. The number of anilines is 1. The first kappa shape index (κ1) is 30.4. The zero-order chi connectivity index (χ0) is 28.9. The number of aliphatic hydroxyl groups excluding tert-OH is 1. The molecule has 1 aromatic rings. The van der Waals surface area contributed by atoms with Gasteiger partial charge in [-0.25, -0.2) is 0 Å². The van der Waals surface area contributed by atoms with Crippen LogP contribution in [0.3, 0.4) is 0 Å². The van der Waals surface area contributed by atoms with Crippen LogP contribution in [0.25, 0.3) is 0 Å². The highest BCUT2D eigenvalue weighted by Gasteiger charge is 2.74. The highest BCUT2D eigenvalue weighted by Crippen LogP contribution is 2.66. The van der Waals surface area contributed by atoms with Crippen molar-refractivity contribution in [3.05, 3.63) is 54.6 Å². The first-order valence-corrected chi connectivity index (χ1v) is 15.6. The van der Waals surface area contributed by atoms with E-state index in [-0.39, 0.29) is 29.6 Å². The molecule has 4 rings (SSSR count). The van der Waals surface area contributed by atoms with Crippen molar-refractivity contribution >= 4 is 35.2 Å². The normalized spacial score (nSPS) is 26.6. The van der Waals surface area contributed by atoms with Gasteiger partial charge in [0.2, 0.25) is 5.91 Å². The van der Waals surface area contributed by atoms with Gasteiger partial charge in [-0.1, -0.05) is 43.2 Å². The molecule has 2 bridgehead atoms. The number of ether oxygens (including phenoxy) is 1. The number of benzene rings is 1. The van der Waals surface area contributed by atoms with Gasteiger partial charge in [-0.3, -0.25) is 14.4 Å². The maximum Gasteiger partial charge on any atom is 0.310 e. The molecule has 40 heavy (non-hydrogen) atoms. The number of carbonyl (C=O) groups is 3. The van der Waals surface area contributed by atoms with E-state index in [0.29, 0.717) is 26.1 Å². The lowest BCUT2D eigenvalue weighted by molar-refractivity contribution is -0.154. The average molecular weight is 569 g/mol. The summed E-state index contributed by atoms with van der Waals surface area (Å²) in [4.78, 5) is 45.9. The predicted molar refractivity (Wildman–Crippen MR) is 160 cm³/mol. The quantitative estimate of drug-likeness (QED) is 0.183. The average Bonchev–Trinajstić information content (AvgIpc) is 3.57. The molecule has 1 spiro atoms. The molecule has 0 aliphatic carbocycles. The highest BCUT2D eigenvalue weighted by molar-refractivity contribution is 8.02. The third-order valence-corrected chi connectivity index (χ3v) is 10.6. The van der Waals surface area contributed by atoms with Gasteiger partial charge in [-0.2, -0.15) is 0 Å². The number of carbonyl (C=O) groups excluding carboxylic acids is 3. The van der Waals surface area contributed by atoms with E-state index in [0.717, 1.165) is 61.8 Å². The summed E-state index contributed by atoms with van der Waals surface area (Å²) in [5, 5.41) is 9.16. The molecule has 3 heterocycles. The number of fused-ring (bicyclic) bond motifs is 1. The van der Waals surface area contributed by atoms with Crippen molar-refractivity contribution in [2.75, 3.05) is 31.2 Å². The van der Waals surface area contributed by atoms with Crippen molar-refractivity contribution in [2.24, 2.45) is 11.8 Å². The second-order valence-corrected chi connectivity index (χ2v) is 12.9. The maximum absolute atomic E-state index is 14.7.